The molecule has 1 saturated heterocycles. The van der Waals surface area contributed by atoms with E-state index in [1.54, 1.807) is 18.2 Å². The summed E-state index contributed by atoms with van der Waals surface area (Å²) in [4.78, 5) is 14.3. The number of piperidine rings is 1. The third-order valence-electron chi connectivity index (χ3n) is 4.07. The smallest absolute Gasteiger partial charge is 0.223 e. The summed E-state index contributed by atoms with van der Waals surface area (Å²) in [6.45, 7) is 6.12. The van der Waals surface area contributed by atoms with Gasteiger partial charge in [0.05, 0.1) is 5.02 Å². The van der Waals surface area contributed by atoms with Crippen molar-refractivity contribution in [3.63, 3.8) is 0 Å². The lowest BCUT2D eigenvalue weighted by atomic mass is 9.96. The number of nitrogens with zero attached hydrogens (tertiary/aromatic N) is 1. The largest absolute Gasteiger partial charge is 0.491 e. The van der Waals surface area contributed by atoms with Crippen molar-refractivity contribution in [2.75, 3.05) is 32.8 Å². The number of hydrogen-bond donors (Lipinski definition) is 1. The van der Waals surface area contributed by atoms with Crippen LogP contribution in [0.3, 0.4) is 0 Å². The molecule has 0 unspecified atom stereocenters. The topological polar surface area (TPSA) is 41.6 Å². The van der Waals surface area contributed by atoms with E-state index in [2.05, 4.69) is 17.1 Å². The first-order valence-corrected chi connectivity index (χ1v) is 8.93. The van der Waals surface area contributed by atoms with E-state index in [0.29, 0.717) is 22.4 Å². The van der Waals surface area contributed by atoms with E-state index in [-0.39, 0.29) is 11.8 Å². The van der Waals surface area contributed by atoms with Gasteiger partial charge in [0.2, 0.25) is 5.91 Å². The lowest BCUT2D eigenvalue weighted by molar-refractivity contribution is -0.126. The van der Waals surface area contributed by atoms with Gasteiger partial charge in [0.25, 0.3) is 0 Å². The van der Waals surface area contributed by atoms with E-state index in [1.807, 2.05) is 0 Å². The van der Waals surface area contributed by atoms with Crippen LogP contribution >= 0.6 is 23.2 Å². The van der Waals surface area contributed by atoms with Crippen molar-refractivity contribution in [1.82, 2.24) is 10.2 Å². The summed E-state index contributed by atoms with van der Waals surface area (Å²) in [6, 6.07) is 5.23. The highest BCUT2D eigenvalue weighted by Crippen LogP contribution is 2.27. The third-order valence-corrected chi connectivity index (χ3v) is 4.60. The molecular formula is C17H24Cl2N2O2. The van der Waals surface area contributed by atoms with Crippen LogP contribution in [-0.2, 0) is 4.79 Å². The monoisotopic (exact) mass is 358 g/mol. The molecule has 1 heterocycles. The molecule has 1 amide bonds. The Labute approximate surface area is 148 Å². The highest BCUT2D eigenvalue weighted by atomic mass is 35.5. The number of hydrogen-bond acceptors (Lipinski definition) is 3. The van der Waals surface area contributed by atoms with Crippen molar-refractivity contribution < 1.29 is 9.53 Å². The first-order valence-electron chi connectivity index (χ1n) is 8.18. The maximum absolute atomic E-state index is 11.9. The number of nitrogens with one attached hydrogen (secondary N) is 1. The summed E-state index contributed by atoms with van der Waals surface area (Å²) in [5, 5.41) is 4.12. The van der Waals surface area contributed by atoms with Crippen LogP contribution in [0.25, 0.3) is 0 Å². The molecule has 4 nitrogen and oxygen atoms in total. The van der Waals surface area contributed by atoms with Crippen molar-refractivity contribution >= 4 is 29.1 Å². The molecule has 1 aliphatic rings. The molecule has 0 radical (unpaired) electrons. The van der Waals surface area contributed by atoms with Gasteiger partial charge in [-0.05, 0) is 50.6 Å². The van der Waals surface area contributed by atoms with Crippen LogP contribution in [0.4, 0.5) is 0 Å². The zero-order valence-electron chi connectivity index (χ0n) is 13.5. The van der Waals surface area contributed by atoms with Crippen LogP contribution in [0.5, 0.6) is 5.75 Å². The van der Waals surface area contributed by atoms with E-state index in [0.717, 1.165) is 45.4 Å². The van der Waals surface area contributed by atoms with E-state index >= 15 is 0 Å². The molecule has 0 saturated carbocycles. The molecule has 2 rings (SSSR count). The Morgan fingerprint density at radius 2 is 2.09 bits per heavy atom. The van der Waals surface area contributed by atoms with Crippen molar-refractivity contribution in [1.29, 1.82) is 0 Å². The van der Waals surface area contributed by atoms with Crippen molar-refractivity contribution in [3.8, 4) is 5.75 Å². The Kier molecular flexibility index (Phi) is 7.47. The standard InChI is InChI=1S/C17H24Cl2N2O2/c1-2-7-20-17(22)13-5-8-21(9-6-13)10-11-23-16-4-3-14(18)12-15(16)19/h3-4,12-13H,2,5-11H2,1H3,(H,20,22). The molecule has 23 heavy (non-hydrogen) atoms. The Hall–Kier alpha value is -0.970. The average Bonchev–Trinajstić information content (AvgIpc) is 2.55. The number of halogens is 2. The summed E-state index contributed by atoms with van der Waals surface area (Å²) in [7, 11) is 0. The second kappa shape index (κ2) is 9.36. The zero-order chi connectivity index (χ0) is 16.7. The number of likely N-dealkylation sites (tertiary alicyclic amines) is 1. The number of benzene rings is 1. The molecule has 0 aliphatic carbocycles. The molecule has 1 fully saturated rings. The van der Waals surface area contributed by atoms with Gasteiger partial charge in [0, 0.05) is 24.0 Å². The fraction of sp³-hybridized carbons (Fsp3) is 0.588. The predicted molar refractivity (Wildman–Crippen MR) is 94.4 cm³/mol. The number of rotatable bonds is 7. The number of carbonyl (C=O) groups excluding carboxylic acids is 1. The van der Waals surface area contributed by atoms with Gasteiger partial charge in [-0.15, -0.1) is 0 Å². The van der Waals surface area contributed by atoms with E-state index in [4.69, 9.17) is 27.9 Å². The number of ether oxygens (including phenoxy) is 1. The van der Waals surface area contributed by atoms with Gasteiger partial charge < -0.3 is 10.1 Å². The Bertz CT molecular complexity index is 517. The predicted octanol–water partition coefficient (Wildman–Crippen LogP) is 3.61. The highest BCUT2D eigenvalue weighted by Gasteiger charge is 2.24. The summed E-state index contributed by atoms with van der Waals surface area (Å²) in [5.74, 6) is 1.02. The minimum absolute atomic E-state index is 0.157. The van der Waals surface area contributed by atoms with Crippen molar-refractivity contribution in [2.45, 2.75) is 26.2 Å². The fourth-order valence-electron chi connectivity index (χ4n) is 2.69. The Morgan fingerprint density at radius 1 is 1.35 bits per heavy atom. The van der Waals surface area contributed by atoms with Gasteiger partial charge in [-0.3, -0.25) is 9.69 Å². The van der Waals surface area contributed by atoms with Crippen LogP contribution in [0.15, 0.2) is 18.2 Å². The van der Waals surface area contributed by atoms with Gasteiger partial charge >= 0.3 is 0 Å². The molecule has 0 bridgehead atoms. The third kappa shape index (κ3) is 5.87. The second-order valence-corrected chi connectivity index (χ2v) is 6.67. The minimum Gasteiger partial charge on any atom is -0.491 e. The Balaban J connectivity index is 1.67. The fourth-order valence-corrected chi connectivity index (χ4v) is 3.15. The molecule has 1 aromatic rings. The van der Waals surface area contributed by atoms with Gasteiger partial charge in [0.1, 0.15) is 12.4 Å². The minimum atomic E-state index is 0.157. The summed E-state index contributed by atoms with van der Waals surface area (Å²) >= 11 is 11.9. The first-order chi connectivity index (χ1) is 11.1. The first kappa shape index (κ1) is 18.4. The molecule has 128 valence electrons. The maximum Gasteiger partial charge on any atom is 0.223 e. The molecule has 1 N–H and O–H groups in total. The molecule has 0 atom stereocenters. The average molecular weight is 359 g/mol. The number of amides is 1. The van der Waals surface area contributed by atoms with Gasteiger partial charge in [0.15, 0.2) is 0 Å². The molecular weight excluding hydrogens is 335 g/mol. The van der Waals surface area contributed by atoms with Crippen LogP contribution in [-0.4, -0.2) is 43.6 Å². The molecule has 6 heteroatoms. The second-order valence-electron chi connectivity index (χ2n) is 5.83. The molecule has 1 aliphatic heterocycles. The van der Waals surface area contributed by atoms with Crippen LogP contribution in [0.1, 0.15) is 26.2 Å². The van der Waals surface area contributed by atoms with E-state index < -0.39 is 0 Å². The molecule has 0 aromatic heterocycles. The molecule has 1 aromatic carbocycles. The SMILES string of the molecule is CCCNC(=O)C1CCN(CCOc2ccc(Cl)cc2Cl)CC1. The summed E-state index contributed by atoms with van der Waals surface area (Å²) < 4.78 is 5.71. The quantitative estimate of drug-likeness (QED) is 0.809. The van der Waals surface area contributed by atoms with Crippen molar-refractivity contribution in [2.24, 2.45) is 5.92 Å². The van der Waals surface area contributed by atoms with Gasteiger partial charge in [-0.2, -0.15) is 0 Å². The maximum atomic E-state index is 11.9. The van der Waals surface area contributed by atoms with E-state index in [9.17, 15) is 4.79 Å². The molecule has 0 spiro atoms. The van der Waals surface area contributed by atoms with Crippen LogP contribution < -0.4 is 10.1 Å². The van der Waals surface area contributed by atoms with Crippen LogP contribution in [0, 0.1) is 5.92 Å². The normalized spacial score (nSPS) is 16.3. The van der Waals surface area contributed by atoms with E-state index in [1.165, 1.54) is 0 Å². The van der Waals surface area contributed by atoms with Crippen LogP contribution in [0.2, 0.25) is 10.0 Å². The zero-order valence-corrected chi connectivity index (χ0v) is 15.0. The highest BCUT2D eigenvalue weighted by molar-refractivity contribution is 6.35. The van der Waals surface area contributed by atoms with Gasteiger partial charge in [-0.1, -0.05) is 30.1 Å². The summed E-state index contributed by atoms with van der Waals surface area (Å²) in [5.41, 5.74) is 0. The van der Waals surface area contributed by atoms with Gasteiger partial charge in [-0.25, -0.2) is 0 Å². The van der Waals surface area contributed by atoms with Crippen molar-refractivity contribution in [3.05, 3.63) is 28.2 Å². The number of carbonyl (C=O) groups is 1. The lowest BCUT2D eigenvalue weighted by Gasteiger charge is -2.31. The Morgan fingerprint density at radius 3 is 2.74 bits per heavy atom. The lowest BCUT2D eigenvalue weighted by Crippen LogP contribution is -2.41. The summed E-state index contributed by atoms with van der Waals surface area (Å²) in [6.07, 6.45) is 2.81.